The van der Waals surface area contributed by atoms with Crippen LogP contribution in [0.2, 0.25) is 0 Å². The minimum atomic E-state index is -5.87. The van der Waals surface area contributed by atoms with Crippen molar-refractivity contribution in [3.8, 4) is 0 Å². The van der Waals surface area contributed by atoms with Gasteiger partial charge < -0.3 is 19.0 Å². The van der Waals surface area contributed by atoms with Crippen molar-refractivity contribution in [3.05, 3.63) is 11.8 Å². The molecular formula is C16H24F3NO6S. The van der Waals surface area contributed by atoms with Crippen molar-refractivity contribution < 1.29 is 40.0 Å². The smallest absolute Gasteiger partial charge is 0.444 e. The molecule has 156 valence electrons. The van der Waals surface area contributed by atoms with Gasteiger partial charge in [-0.2, -0.15) is 21.6 Å². The van der Waals surface area contributed by atoms with E-state index in [-0.39, 0.29) is 6.42 Å². The van der Waals surface area contributed by atoms with Crippen LogP contribution in [0.15, 0.2) is 11.8 Å². The molecule has 0 aromatic heterocycles. The molecule has 2 aliphatic rings. The van der Waals surface area contributed by atoms with E-state index in [1.165, 1.54) is 6.08 Å². The zero-order valence-corrected chi connectivity index (χ0v) is 16.2. The van der Waals surface area contributed by atoms with Gasteiger partial charge in [0.1, 0.15) is 11.4 Å². The molecule has 2 rings (SSSR count). The van der Waals surface area contributed by atoms with Crippen LogP contribution >= 0.6 is 0 Å². The number of alkyl carbamates (subject to hydrolysis) is 1. The fraction of sp³-hybridized carbons (Fsp3) is 0.812. The van der Waals surface area contributed by atoms with Crippen molar-refractivity contribution in [3.63, 3.8) is 0 Å². The first-order chi connectivity index (χ1) is 12.2. The average Bonchev–Trinajstić information content (AvgIpc) is 2.48. The molecule has 0 unspecified atom stereocenters. The second-order valence-electron chi connectivity index (χ2n) is 7.64. The van der Waals surface area contributed by atoms with Crippen molar-refractivity contribution >= 4 is 16.2 Å². The van der Waals surface area contributed by atoms with Crippen LogP contribution in [0.1, 0.15) is 52.9 Å². The first kappa shape index (κ1) is 21.8. The molecule has 0 aromatic carbocycles. The minimum absolute atomic E-state index is 0.151. The fourth-order valence-electron chi connectivity index (χ4n) is 3.00. The van der Waals surface area contributed by atoms with Gasteiger partial charge in [0.05, 0.1) is 11.6 Å². The Morgan fingerprint density at radius 1 is 1.26 bits per heavy atom. The molecule has 2 atom stereocenters. The summed E-state index contributed by atoms with van der Waals surface area (Å²) < 4.78 is 76.4. The molecule has 0 radical (unpaired) electrons. The van der Waals surface area contributed by atoms with Crippen LogP contribution in [-0.2, 0) is 23.8 Å². The third-order valence-electron chi connectivity index (χ3n) is 4.17. The van der Waals surface area contributed by atoms with Crippen molar-refractivity contribution in [2.45, 2.75) is 75.6 Å². The number of carbonyl (C=O) groups is 1. The second kappa shape index (κ2) is 7.50. The maximum Gasteiger partial charge on any atom is 0.534 e. The Hall–Kier alpha value is -1.49. The molecule has 1 amide bonds. The van der Waals surface area contributed by atoms with Crippen molar-refractivity contribution in [1.29, 1.82) is 0 Å². The Kier molecular flexibility index (Phi) is 6.05. The van der Waals surface area contributed by atoms with Crippen LogP contribution in [0.25, 0.3) is 0 Å². The number of hydrogen-bond acceptors (Lipinski definition) is 6. The molecule has 1 heterocycles. The predicted molar refractivity (Wildman–Crippen MR) is 89.1 cm³/mol. The molecule has 11 heteroatoms. The zero-order valence-electron chi connectivity index (χ0n) is 15.4. The topological polar surface area (TPSA) is 90.9 Å². The van der Waals surface area contributed by atoms with Crippen LogP contribution < -0.4 is 5.32 Å². The molecule has 0 saturated carbocycles. The highest BCUT2D eigenvalue weighted by molar-refractivity contribution is 7.87. The first-order valence-corrected chi connectivity index (χ1v) is 10.0. The van der Waals surface area contributed by atoms with E-state index in [0.29, 0.717) is 19.4 Å². The summed E-state index contributed by atoms with van der Waals surface area (Å²) in [5, 5.41) is 2.38. The number of amides is 1. The molecular weight excluding hydrogens is 391 g/mol. The second-order valence-corrected chi connectivity index (χ2v) is 9.18. The molecule has 1 N–H and O–H groups in total. The zero-order chi connectivity index (χ0) is 20.5. The Bertz CT molecular complexity index is 690. The summed E-state index contributed by atoms with van der Waals surface area (Å²) in [6.45, 7) is 5.29. The highest BCUT2D eigenvalue weighted by Crippen LogP contribution is 2.39. The van der Waals surface area contributed by atoms with E-state index in [2.05, 4.69) is 9.50 Å². The Morgan fingerprint density at radius 2 is 1.93 bits per heavy atom. The van der Waals surface area contributed by atoms with Gasteiger partial charge in [-0.1, -0.05) is 0 Å². The third-order valence-corrected chi connectivity index (χ3v) is 5.15. The monoisotopic (exact) mass is 415 g/mol. The van der Waals surface area contributed by atoms with E-state index in [0.717, 1.165) is 12.8 Å². The average molecular weight is 415 g/mol. The molecule has 1 aliphatic carbocycles. The molecule has 1 fully saturated rings. The summed E-state index contributed by atoms with van der Waals surface area (Å²) in [4.78, 5) is 12.0. The summed E-state index contributed by atoms with van der Waals surface area (Å²) >= 11 is 0. The summed E-state index contributed by atoms with van der Waals surface area (Å²) in [6.07, 6.45) is 3.07. The number of carbonyl (C=O) groups excluding carboxylic acids is 1. The number of ether oxygens (including phenoxy) is 2. The fourth-order valence-corrected chi connectivity index (χ4v) is 3.51. The van der Waals surface area contributed by atoms with Gasteiger partial charge in [0, 0.05) is 6.61 Å². The van der Waals surface area contributed by atoms with Crippen LogP contribution in [0.3, 0.4) is 0 Å². The van der Waals surface area contributed by atoms with Crippen molar-refractivity contribution in [1.82, 2.24) is 5.32 Å². The van der Waals surface area contributed by atoms with Crippen LogP contribution in [0.5, 0.6) is 0 Å². The number of rotatable bonds is 3. The Morgan fingerprint density at radius 3 is 2.44 bits per heavy atom. The molecule has 0 aromatic rings. The van der Waals surface area contributed by atoms with Gasteiger partial charge in [-0.05, 0) is 59.0 Å². The van der Waals surface area contributed by atoms with Crippen LogP contribution in [0, 0.1) is 0 Å². The first-order valence-electron chi connectivity index (χ1n) is 8.60. The van der Waals surface area contributed by atoms with Crippen molar-refractivity contribution in [2.24, 2.45) is 0 Å². The summed E-state index contributed by atoms with van der Waals surface area (Å²) in [5.74, 6) is -0.508. The van der Waals surface area contributed by atoms with E-state index in [4.69, 9.17) is 9.47 Å². The van der Waals surface area contributed by atoms with Gasteiger partial charge >= 0.3 is 21.7 Å². The number of alkyl halides is 3. The minimum Gasteiger partial charge on any atom is -0.444 e. The van der Waals surface area contributed by atoms with E-state index in [1.54, 1.807) is 20.8 Å². The van der Waals surface area contributed by atoms with Gasteiger partial charge in [-0.15, -0.1) is 0 Å². The highest BCUT2D eigenvalue weighted by Gasteiger charge is 2.50. The largest absolute Gasteiger partial charge is 0.534 e. The standard InChI is InChI=1S/C16H24F3NO6S/c1-14(2,3)25-13(21)20-11-6-8-15(7-4-5-9-24-15)10-12(11)26-27(22,23)16(17,18)19/h10-11H,4-9H2,1-3H3,(H,20,21)/t11-,15+/m1/s1. The lowest BCUT2D eigenvalue weighted by molar-refractivity contribution is -0.0622. The summed E-state index contributed by atoms with van der Waals surface area (Å²) in [7, 11) is -5.87. The van der Waals surface area contributed by atoms with Crippen molar-refractivity contribution in [2.75, 3.05) is 6.61 Å². The third kappa shape index (κ3) is 5.74. The van der Waals surface area contributed by atoms with Gasteiger partial charge in [0.25, 0.3) is 0 Å². The van der Waals surface area contributed by atoms with E-state index < -0.39 is 44.7 Å². The quantitative estimate of drug-likeness (QED) is 0.561. The summed E-state index contributed by atoms with van der Waals surface area (Å²) in [6, 6.07) is -1.08. The summed E-state index contributed by atoms with van der Waals surface area (Å²) in [5.41, 5.74) is -7.29. The SMILES string of the molecule is CC(C)(C)OC(=O)N[C@@H]1CC[C@]2(C=C1OS(=O)(=O)C(F)(F)F)CCCCO2. The lowest BCUT2D eigenvalue weighted by Crippen LogP contribution is -2.47. The van der Waals surface area contributed by atoms with E-state index in [9.17, 15) is 26.4 Å². The normalized spacial score (nSPS) is 27.0. The molecule has 1 saturated heterocycles. The van der Waals surface area contributed by atoms with Gasteiger partial charge in [0.15, 0.2) is 0 Å². The molecule has 7 nitrogen and oxygen atoms in total. The molecule has 1 spiro atoms. The molecule has 1 aliphatic heterocycles. The highest BCUT2D eigenvalue weighted by atomic mass is 32.2. The Balaban J connectivity index is 2.27. The van der Waals surface area contributed by atoms with Crippen LogP contribution in [-0.4, -0.2) is 43.9 Å². The van der Waals surface area contributed by atoms with Crippen LogP contribution in [0.4, 0.5) is 18.0 Å². The molecule has 27 heavy (non-hydrogen) atoms. The lowest BCUT2D eigenvalue weighted by atomic mass is 9.82. The Labute approximate surface area is 156 Å². The predicted octanol–water partition coefficient (Wildman–Crippen LogP) is 3.36. The number of nitrogens with one attached hydrogen (secondary N) is 1. The van der Waals surface area contributed by atoms with Gasteiger partial charge in [-0.3, -0.25) is 0 Å². The van der Waals surface area contributed by atoms with Gasteiger partial charge in [-0.25, -0.2) is 4.79 Å². The lowest BCUT2D eigenvalue weighted by Gasteiger charge is -2.40. The maximum atomic E-state index is 12.8. The van der Waals surface area contributed by atoms with E-state index >= 15 is 0 Å². The molecule has 0 bridgehead atoms. The number of halogens is 3. The van der Waals surface area contributed by atoms with E-state index in [1.807, 2.05) is 0 Å². The maximum absolute atomic E-state index is 12.8. The number of hydrogen-bond donors (Lipinski definition) is 1. The van der Waals surface area contributed by atoms with Gasteiger partial charge in [0.2, 0.25) is 0 Å².